The Morgan fingerprint density at radius 2 is 1.58 bits per heavy atom. The van der Waals surface area contributed by atoms with Crippen molar-refractivity contribution >= 4 is 5.69 Å². The first kappa shape index (κ1) is 13.6. The highest BCUT2D eigenvalue weighted by Crippen LogP contribution is 2.14. The molecule has 0 aliphatic carbocycles. The summed E-state index contributed by atoms with van der Waals surface area (Å²) in [5.41, 5.74) is 2.80. The highest BCUT2D eigenvalue weighted by atomic mass is 14.9. The number of hydrogen-bond donors (Lipinski definition) is 1. The molecule has 0 bridgehead atoms. The largest absolute Gasteiger partial charge is 0.384 e. The van der Waals surface area contributed by atoms with E-state index in [1.165, 1.54) is 11.3 Å². The van der Waals surface area contributed by atoms with Gasteiger partial charge in [0.1, 0.15) is 0 Å². The third kappa shape index (κ3) is 4.74. The van der Waals surface area contributed by atoms with Crippen LogP contribution >= 0.6 is 0 Å². The van der Waals surface area contributed by atoms with Crippen LogP contribution in [0.3, 0.4) is 0 Å². The van der Waals surface area contributed by atoms with Gasteiger partial charge in [-0.2, -0.15) is 0 Å². The fraction of sp³-hybridized carbons (Fsp3) is 0.353. The van der Waals surface area contributed by atoms with Crippen molar-refractivity contribution in [2.45, 2.75) is 27.3 Å². The molecule has 2 nitrogen and oxygen atoms in total. The van der Waals surface area contributed by atoms with E-state index >= 15 is 0 Å². The molecule has 0 saturated heterocycles. The van der Waals surface area contributed by atoms with Gasteiger partial charge >= 0.3 is 0 Å². The maximum Gasteiger partial charge on any atom is 0.173 e. The van der Waals surface area contributed by atoms with Gasteiger partial charge in [-0.1, -0.05) is 51.1 Å². The van der Waals surface area contributed by atoms with Gasteiger partial charge in [0.2, 0.25) is 0 Å². The molecule has 0 unspecified atom stereocenters. The Balaban J connectivity index is 1.95. The molecule has 100 valence electrons. The van der Waals surface area contributed by atoms with Gasteiger partial charge in [0.05, 0.1) is 0 Å². The summed E-state index contributed by atoms with van der Waals surface area (Å²) >= 11 is 0. The van der Waals surface area contributed by atoms with Crippen LogP contribution in [0.15, 0.2) is 54.9 Å². The summed E-state index contributed by atoms with van der Waals surface area (Å²) in [6, 6.07) is 14.8. The monoisotopic (exact) mass is 255 g/mol. The van der Waals surface area contributed by atoms with Crippen LogP contribution in [0, 0.1) is 5.41 Å². The van der Waals surface area contributed by atoms with E-state index in [0.717, 1.165) is 13.1 Å². The van der Waals surface area contributed by atoms with Crippen LogP contribution in [0.25, 0.3) is 0 Å². The van der Waals surface area contributed by atoms with Crippen LogP contribution in [0.5, 0.6) is 0 Å². The van der Waals surface area contributed by atoms with Gasteiger partial charge in [-0.05, 0) is 5.41 Å². The first-order chi connectivity index (χ1) is 9.03. The number of aromatic nitrogens is 1. The number of benzene rings is 1. The zero-order valence-corrected chi connectivity index (χ0v) is 12.1. The second kappa shape index (κ2) is 5.87. The molecule has 19 heavy (non-hydrogen) atoms. The quantitative estimate of drug-likeness (QED) is 0.827. The molecule has 2 aromatic rings. The van der Waals surface area contributed by atoms with E-state index in [1.54, 1.807) is 0 Å². The molecule has 1 aromatic heterocycles. The summed E-state index contributed by atoms with van der Waals surface area (Å²) in [5.74, 6) is 0. The summed E-state index contributed by atoms with van der Waals surface area (Å²) < 4.78 is 2.19. The molecule has 1 N–H and O–H groups in total. The van der Waals surface area contributed by atoms with Gasteiger partial charge in [-0.3, -0.25) is 0 Å². The van der Waals surface area contributed by atoms with Gasteiger partial charge in [0.15, 0.2) is 18.9 Å². The van der Waals surface area contributed by atoms with Gasteiger partial charge in [0.25, 0.3) is 0 Å². The second-order valence-corrected chi connectivity index (χ2v) is 6.16. The van der Waals surface area contributed by atoms with Gasteiger partial charge in [0, 0.05) is 29.9 Å². The summed E-state index contributed by atoms with van der Waals surface area (Å²) in [6.45, 7) is 8.60. The van der Waals surface area contributed by atoms with E-state index in [4.69, 9.17) is 0 Å². The van der Waals surface area contributed by atoms with Crippen molar-refractivity contribution in [3.63, 3.8) is 0 Å². The van der Waals surface area contributed by atoms with Crippen molar-refractivity contribution in [1.82, 2.24) is 0 Å². The Kier molecular flexibility index (Phi) is 4.20. The number of nitrogens with zero attached hydrogens (tertiary/aromatic N) is 1. The number of rotatable bonds is 4. The lowest BCUT2D eigenvalue weighted by Crippen LogP contribution is -2.33. The summed E-state index contributed by atoms with van der Waals surface area (Å²) in [5, 5.41) is 3.46. The maximum absolute atomic E-state index is 3.46. The number of hydrogen-bond acceptors (Lipinski definition) is 1. The molecule has 0 aliphatic rings. The molecular weight excluding hydrogens is 232 g/mol. The summed E-state index contributed by atoms with van der Waals surface area (Å²) in [4.78, 5) is 0. The SMILES string of the molecule is CC(C)(C)CNc1cc[n+](Cc2ccccc2)cc1. The average Bonchev–Trinajstić information content (AvgIpc) is 2.38. The fourth-order valence-corrected chi connectivity index (χ4v) is 1.84. The van der Waals surface area contributed by atoms with Gasteiger partial charge < -0.3 is 5.32 Å². The van der Waals surface area contributed by atoms with Gasteiger partial charge in [-0.15, -0.1) is 0 Å². The molecule has 2 rings (SSSR count). The lowest BCUT2D eigenvalue weighted by atomic mass is 9.97. The van der Waals surface area contributed by atoms with Crippen molar-refractivity contribution in [3.05, 3.63) is 60.4 Å². The van der Waals surface area contributed by atoms with E-state index in [-0.39, 0.29) is 0 Å². The fourth-order valence-electron chi connectivity index (χ4n) is 1.84. The average molecular weight is 255 g/mol. The standard InChI is InChI=1S/C17H22N2/c1-17(2,3)14-18-16-9-11-19(12-10-16)13-15-7-5-4-6-8-15/h4-12H,13-14H2,1-3H3/p+1. The van der Waals surface area contributed by atoms with Crippen LogP contribution in [-0.2, 0) is 6.54 Å². The molecule has 0 fully saturated rings. The Labute approximate surface area is 116 Å². The van der Waals surface area contributed by atoms with E-state index in [0.29, 0.717) is 5.41 Å². The minimum absolute atomic E-state index is 0.301. The Hall–Kier alpha value is -1.83. The van der Waals surface area contributed by atoms with Gasteiger partial charge in [-0.25, -0.2) is 4.57 Å². The molecule has 2 heteroatoms. The highest BCUT2D eigenvalue weighted by Gasteiger charge is 2.09. The smallest absolute Gasteiger partial charge is 0.173 e. The summed E-state index contributed by atoms with van der Waals surface area (Å²) in [6.07, 6.45) is 4.25. The van der Waals surface area contributed by atoms with Crippen LogP contribution < -0.4 is 9.88 Å². The third-order valence-electron chi connectivity index (χ3n) is 2.92. The minimum Gasteiger partial charge on any atom is -0.384 e. The number of pyridine rings is 1. The van der Waals surface area contributed by atoms with Crippen LogP contribution in [0.1, 0.15) is 26.3 Å². The lowest BCUT2D eigenvalue weighted by molar-refractivity contribution is -0.688. The van der Waals surface area contributed by atoms with E-state index < -0.39 is 0 Å². The zero-order valence-electron chi connectivity index (χ0n) is 12.1. The summed E-state index contributed by atoms with van der Waals surface area (Å²) in [7, 11) is 0. The first-order valence-corrected chi connectivity index (χ1v) is 6.80. The van der Waals surface area contributed by atoms with E-state index in [1.807, 2.05) is 6.07 Å². The molecule has 1 aromatic carbocycles. The lowest BCUT2D eigenvalue weighted by Gasteiger charge is -2.19. The number of anilines is 1. The van der Waals surface area contributed by atoms with Crippen LogP contribution in [0.4, 0.5) is 5.69 Å². The normalized spacial score (nSPS) is 11.3. The first-order valence-electron chi connectivity index (χ1n) is 6.80. The Bertz CT molecular complexity index is 495. The Morgan fingerprint density at radius 3 is 2.16 bits per heavy atom. The zero-order chi connectivity index (χ0) is 13.7. The van der Waals surface area contributed by atoms with Crippen molar-refractivity contribution in [3.8, 4) is 0 Å². The molecule has 0 saturated carbocycles. The topological polar surface area (TPSA) is 15.9 Å². The molecule has 0 spiro atoms. The predicted molar refractivity (Wildman–Crippen MR) is 80.1 cm³/mol. The Morgan fingerprint density at radius 1 is 0.947 bits per heavy atom. The van der Waals surface area contributed by atoms with Crippen molar-refractivity contribution in [1.29, 1.82) is 0 Å². The van der Waals surface area contributed by atoms with E-state index in [9.17, 15) is 0 Å². The van der Waals surface area contributed by atoms with E-state index in [2.05, 4.69) is 79.4 Å². The van der Waals surface area contributed by atoms with Crippen LogP contribution in [0.2, 0.25) is 0 Å². The van der Waals surface area contributed by atoms with Crippen molar-refractivity contribution in [2.24, 2.45) is 5.41 Å². The maximum atomic E-state index is 3.46. The second-order valence-electron chi connectivity index (χ2n) is 6.16. The molecule has 1 heterocycles. The minimum atomic E-state index is 0.301. The predicted octanol–water partition coefficient (Wildman–Crippen LogP) is 3.48. The third-order valence-corrected chi connectivity index (χ3v) is 2.92. The molecule has 0 amide bonds. The molecule has 0 radical (unpaired) electrons. The molecular formula is C17H23N2+. The molecule has 0 aliphatic heterocycles. The molecule has 0 atom stereocenters. The van der Waals surface area contributed by atoms with Crippen molar-refractivity contribution in [2.75, 3.05) is 11.9 Å². The van der Waals surface area contributed by atoms with Crippen LogP contribution in [-0.4, -0.2) is 6.54 Å². The highest BCUT2D eigenvalue weighted by molar-refractivity contribution is 5.39. The number of nitrogens with one attached hydrogen (secondary N) is 1. The van der Waals surface area contributed by atoms with Crippen molar-refractivity contribution < 1.29 is 4.57 Å².